The lowest BCUT2D eigenvalue weighted by Gasteiger charge is -2.24. The van der Waals surface area contributed by atoms with Crippen molar-refractivity contribution in [3.8, 4) is 0 Å². The summed E-state index contributed by atoms with van der Waals surface area (Å²) in [4.78, 5) is 16.2. The fourth-order valence-electron chi connectivity index (χ4n) is 1.46. The predicted molar refractivity (Wildman–Crippen MR) is 70.9 cm³/mol. The lowest BCUT2D eigenvalue weighted by molar-refractivity contribution is -0.122. The number of aromatic nitrogens is 1. The molecule has 1 aromatic heterocycles. The van der Waals surface area contributed by atoms with Crippen LogP contribution in [0.1, 0.15) is 44.3 Å². The molecule has 1 heterocycles. The number of nitrogens with one attached hydrogen (secondary N) is 1. The van der Waals surface area contributed by atoms with Crippen LogP contribution in [-0.4, -0.2) is 16.9 Å². The smallest absolute Gasteiger partial charge is 0.220 e. The monoisotopic (exact) mass is 255 g/mol. The van der Waals surface area contributed by atoms with Gasteiger partial charge in [-0.25, -0.2) is 4.98 Å². The number of carbonyl (C=O) groups excluding carboxylic acids is 1. The fraction of sp³-hybridized carbons (Fsp3) is 0.667. The Balaban J connectivity index is 2.57. The van der Waals surface area contributed by atoms with E-state index in [-0.39, 0.29) is 11.9 Å². The zero-order valence-electron chi connectivity index (χ0n) is 10.9. The third kappa shape index (κ3) is 4.44. The molecular formula is C12H21N3OS. The van der Waals surface area contributed by atoms with Crippen LogP contribution in [0, 0.1) is 6.92 Å². The van der Waals surface area contributed by atoms with Crippen LogP contribution >= 0.6 is 11.3 Å². The van der Waals surface area contributed by atoms with Crippen LogP contribution < -0.4 is 11.1 Å². The number of nitrogens with zero attached hydrogens (tertiary/aromatic N) is 1. The summed E-state index contributed by atoms with van der Waals surface area (Å²) < 4.78 is 0. The molecule has 4 nitrogen and oxygen atoms in total. The van der Waals surface area contributed by atoms with Crippen LogP contribution in [0.2, 0.25) is 0 Å². The number of hydrogen-bond acceptors (Lipinski definition) is 4. The zero-order chi connectivity index (χ0) is 13.1. The van der Waals surface area contributed by atoms with E-state index < -0.39 is 5.54 Å². The van der Waals surface area contributed by atoms with E-state index in [1.807, 2.05) is 33.1 Å². The molecule has 5 heteroatoms. The number of thiazole rings is 1. The van der Waals surface area contributed by atoms with Gasteiger partial charge in [-0.3, -0.25) is 4.79 Å². The Kier molecular flexibility index (Phi) is 4.65. The minimum absolute atomic E-state index is 0.0279. The van der Waals surface area contributed by atoms with Crippen molar-refractivity contribution >= 4 is 17.2 Å². The van der Waals surface area contributed by atoms with Crippen molar-refractivity contribution in [1.29, 1.82) is 0 Å². The van der Waals surface area contributed by atoms with Gasteiger partial charge in [-0.1, -0.05) is 0 Å². The Morgan fingerprint density at radius 2 is 2.29 bits per heavy atom. The molecule has 0 spiro atoms. The SMILES string of the molecule is Cc1csc(C(C)(C)NC(=O)CCC(C)N)n1. The summed E-state index contributed by atoms with van der Waals surface area (Å²) in [5.74, 6) is 0.0279. The topological polar surface area (TPSA) is 68.0 Å². The lowest BCUT2D eigenvalue weighted by atomic mass is 10.1. The van der Waals surface area contributed by atoms with Gasteiger partial charge in [0.2, 0.25) is 5.91 Å². The maximum Gasteiger partial charge on any atom is 0.220 e. The van der Waals surface area contributed by atoms with Gasteiger partial charge >= 0.3 is 0 Å². The summed E-state index contributed by atoms with van der Waals surface area (Å²) >= 11 is 1.57. The van der Waals surface area contributed by atoms with Gasteiger partial charge in [0.15, 0.2) is 0 Å². The molecule has 0 aliphatic carbocycles. The molecule has 0 bridgehead atoms. The quantitative estimate of drug-likeness (QED) is 0.844. The highest BCUT2D eigenvalue weighted by molar-refractivity contribution is 7.09. The molecule has 0 saturated carbocycles. The van der Waals surface area contributed by atoms with Crippen LogP contribution in [0.15, 0.2) is 5.38 Å². The summed E-state index contributed by atoms with van der Waals surface area (Å²) in [6, 6.07) is 0.0611. The normalized spacial score (nSPS) is 13.5. The highest BCUT2D eigenvalue weighted by atomic mass is 32.1. The fourth-order valence-corrected chi connectivity index (χ4v) is 2.34. The maximum absolute atomic E-state index is 11.8. The number of rotatable bonds is 5. The Hall–Kier alpha value is -0.940. The predicted octanol–water partition coefficient (Wildman–Crippen LogP) is 1.93. The summed E-state index contributed by atoms with van der Waals surface area (Å²) in [6.45, 7) is 7.79. The van der Waals surface area contributed by atoms with Crippen molar-refractivity contribution < 1.29 is 4.79 Å². The molecule has 1 unspecified atom stereocenters. The highest BCUT2D eigenvalue weighted by Crippen LogP contribution is 2.23. The first-order chi connectivity index (χ1) is 7.81. The average Bonchev–Trinajstić information content (AvgIpc) is 2.62. The largest absolute Gasteiger partial charge is 0.345 e. The van der Waals surface area contributed by atoms with E-state index in [0.717, 1.165) is 10.7 Å². The first kappa shape index (κ1) is 14.1. The Labute approximate surface area is 107 Å². The van der Waals surface area contributed by atoms with E-state index in [0.29, 0.717) is 12.8 Å². The van der Waals surface area contributed by atoms with E-state index in [4.69, 9.17) is 5.73 Å². The molecular weight excluding hydrogens is 234 g/mol. The van der Waals surface area contributed by atoms with Crippen molar-refractivity contribution in [3.63, 3.8) is 0 Å². The zero-order valence-corrected chi connectivity index (χ0v) is 11.7. The first-order valence-corrected chi connectivity index (χ1v) is 6.68. The highest BCUT2D eigenvalue weighted by Gasteiger charge is 2.25. The van der Waals surface area contributed by atoms with E-state index in [9.17, 15) is 4.79 Å². The average molecular weight is 255 g/mol. The van der Waals surface area contributed by atoms with Crippen LogP contribution in [0.5, 0.6) is 0 Å². The minimum atomic E-state index is -0.409. The summed E-state index contributed by atoms with van der Waals surface area (Å²) in [5, 5.41) is 5.92. The molecule has 0 aliphatic heterocycles. The molecule has 1 atom stereocenters. The summed E-state index contributed by atoms with van der Waals surface area (Å²) in [6.07, 6.45) is 1.17. The van der Waals surface area contributed by atoms with E-state index >= 15 is 0 Å². The number of carbonyl (C=O) groups is 1. The molecule has 1 aromatic rings. The minimum Gasteiger partial charge on any atom is -0.345 e. The Morgan fingerprint density at radius 3 is 2.76 bits per heavy atom. The molecule has 0 fully saturated rings. The van der Waals surface area contributed by atoms with Gasteiger partial charge in [-0.15, -0.1) is 11.3 Å². The number of nitrogens with two attached hydrogens (primary N) is 1. The van der Waals surface area contributed by atoms with Crippen molar-refractivity contribution in [2.45, 2.75) is 52.1 Å². The van der Waals surface area contributed by atoms with Crippen molar-refractivity contribution in [2.75, 3.05) is 0 Å². The summed E-state index contributed by atoms with van der Waals surface area (Å²) in [7, 11) is 0. The standard InChI is InChI=1S/C12H21N3OS/c1-8(13)5-6-10(16)15-12(3,4)11-14-9(2)7-17-11/h7-8H,5-6,13H2,1-4H3,(H,15,16). The first-order valence-electron chi connectivity index (χ1n) is 5.80. The second-order valence-electron chi connectivity index (χ2n) is 4.98. The van der Waals surface area contributed by atoms with Gasteiger partial charge in [0.05, 0.1) is 5.54 Å². The molecule has 0 saturated heterocycles. The van der Waals surface area contributed by atoms with Gasteiger partial charge in [-0.2, -0.15) is 0 Å². The van der Waals surface area contributed by atoms with Crippen LogP contribution in [0.4, 0.5) is 0 Å². The number of amides is 1. The van der Waals surface area contributed by atoms with E-state index in [1.54, 1.807) is 11.3 Å². The van der Waals surface area contributed by atoms with E-state index in [2.05, 4.69) is 10.3 Å². The van der Waals surface area contributed by atoms with E-state index in [1.165, 1.54) is 0 Å². The Morgan fingerprint density at radius 1 is 1.65 bits per heavy atom. The van der Waals surface area contributed by atoms with Gasteiger partial charge in [0, 0.05) is 23.5 Å². The number of aryl methyl sites for hydroxylation is 1. The molecule has 17 heavy (non-hydrogen) atoms. The van der Waals surface area contributed by atoms with Gasteiger partial charge < -0.3 is 11.1 Å². The maximum atomic E-state index is 11.8. The van der Waals surface area contributed by atoms with Crippen molar-refractivity contribution in [3.05, 3.63) is 16.1 Å². The molecule has 3 N–H and O–H groups in total. The molecule has 96 valence electrons. The van der Waals surface area contributed by atoms with Gasteiger partial charge in [0.1, 0.15) is 5.01 Å². The second-order valence-corrected chi connectivity index (χ2v) is 5.84. The van der Waals surface area contributed by atoms with Crippen LogP contribution in [0.3, 0.4) is 0 Å². The number of hydrogen-bond donors (Lipinski definition) is 2. The van der Waals surface area contributed by atoms with Crippen molar-refractivity contribution in [2.24, 2.45) is 5.73 Å². The molecule has 1 rings (SSSR count). The molecule has 0 aliphatic rings. The molecule has 1 amide bonds. The Bertz CT molecular complexity index is 385. The lowest BCUT2D eigenvalue weighted by Crippen LogP contribution is -2.41. The van der Waals surface area contributed by atoms with Gasteiger partial charge in [0.25, 0.3) is 0 Å². The van der Waals surface area contributed by atoms with Crippen molar-refractivity contribution in [1.82, 2.24) is 10.3 Å². The molecule has 0 aromatic carbocycles. The third-order valence-electron chi connectivity index (χ3n) is 2.43. The summed E-state index contributed by atoms with van der Waals surface area (Å²) in [5.41, 5.74) is 6.21. The van der Waals surface area contributed by atoms with Crippen LogP contribution in [0.25, 0.3) is 0 Å². The third-order valence-corrected chi connectivity index (χ3v) is 3.72. The second kappa shape index (κ2) is 5.60. The van der Waals surface area contributed by atoms with Crippen LogP contribution in [-0.2, 0) is 10.3 Å². The molecule has 0 radical (unpaired) electrons. The van der Waals surface area contributed by atoms with Gasteiger partial charge in [-0.05, 0) is 34.1 Å².